The zero-order valence-electron chi connectivity index (χ0n) is 10.8. The predicted octanol–water partition coefficient (Wildman–Crippen LogP) is 1.66. The van der Waals surface area contributed by atoms with E-state index in [1.807, 2.05) is 12.3 Å². The molecule has 5 heteroatoms. The molecule has 0 aromatic carbocycles. The van der Waals surface area contributed by atoms with Crippen molar-refractivity contribution in [2.24, 2.45) is 5.73 Å². The summed E-state index contributed by atoms with van der Waals surface area (Å²) in [5, 5.41) is 1.08. The molecule has 1 aliphatic heterocycles. The van der Waals surface area contributed by atoms with Crippen LogP contribution in [-0.4, -0.2) is 33.1 Å². The summed E-state index contributed by atoms with van der Waals surface area (Å²) in [5.41, 5.74) is 7.01. The highest BCUT2D eigenvalue weighted by molar-refractivity contribution is 5.87. The summed E-state index contributed by atoms with van der Waals surface area (Å²) >= 11 is 0. The number of nitrogens with two attached hydrogens (primary N) is 1. The topological polar surface area (TPSA) is 70.8 Å². The lowest BCUT2D eigenvalue weighted by atomic mass is 9.87. The molecule has 1 saturated heterocycles. The summed E-state index contributed by atoms with van der Waals surface area (Å²) in [6, 6.07) is 2.33. The van der Waals surface area contributed by atoms with Crippen molar-refractivity contribution in [2.75, 3.05) is 11.4 Å². The maximum atomic E-state index is 6.08. The van der Waals surface area contributed by atoms with E-state index in [0.29, 0.717) is 6.04 Å². The van der Waals surface area contributed by atoms with E-state index in [0.717, 1.165) is 36.2 Å². The number of fused-ring (bicyclic) bond motifs is 1. The maximum Gasteiger partial charge on any atom is 0.142 e. The fraction of sp³-hybridized carbons (Fsp3) is 0.538. The van der Waals surface area contributed by atoms with Gasteiger partial charge in [0.2, 0.25) is 0 Å². The van der Waals surface area contributed by atoms with E-state index in [-0.39, 0.29) is 5.54 Å². The van der Waals surface area contributed by atoms with Crippen molar-refractivity contribution in [3.8, 4) is 0 Å². The summed E-state index contributed by atoms with van der Waals surface area (Å²) in [4.78, 5) is 14.2. The highest BCUT2D eigenvalue weighted by Gasteiger charge is 2.35. The number of nitrogens with one attached hydrogen (secondary N) is 1. The Morgan fingerprint density at radius 2 is 2.28 bits per heavy atom. The quantitative estimate of drug-likeness (QED) is 0.801. The van der Waals surface area contributed by atoms with Gasteiger partial charge in [0.05, 0.1) is 5.39 Å². The third-order valence-electron chi connectivity index (χ3n) is 3.80. The molecule has 5 nitrogen and oxygen atoms in total. The normalized spacial score (nSPS) is 23.5. The fourth-order valence-corrected chi connectivity index (χ4v) is 2.92. The second kappa shape index (κ2) is 3.95. The molecule has 3 N–H and O–H groups in total. The molecule has 1 fully saturated rings. The molecular weight excluding hydrogens is 226 g/mol. The van der Waals surface area contributed by atoms with Gasteiger partial charge in [0, 0.05) is 24.3 Å². The van der Waals surface area contributed by atoms with E-state index in [1.54, 1.807) is 6.33 Å². The molecule has 0 amide bonds. The van der Waals surface area contributed by atoms with Crippen molar-refractivity contribution in [3.63, 3.8) is 0 Å². The van der Waals surface area contributed by atoms with Crippen LogP contribution >= 0.6 is 0 Å². The highest BCUT2D eigenvalue weighted by atomic mass is 15.3. The SMILES string of the molecule is CC1(C)CC(N)CCN1c1ncnc2[nH]ccc12. The standard InChI is InChI=1S/C13H19N5/c1-13(2)7-9(14)4-6-18(13)12-10-3-5-15-11(10)16-8-17-12/h3,5,8-9H,4,6-7,14H2,1-2H3,(H,15,16,17). The summed E-state index contributed by atoms with van der Waals surface area (Å²) in [7, 11) is 0. The maximum absolute atomic E-state index is 6.08. The predicted molar refractivity (Wildman–Crippen MR) is 72.5 cm³/mol. The Morgan fingerprint density at radius 1 is 1.44 bits per heavy atom. The average molecular weight is 245 g/mol. The van der Waals surface area contributed by atoms with Crippen LogP contribution in [0.4, 0.5) is 5.82 Å². The lowest BCUT2D eigenvalue weighted by molar-refractivity contribution is 0.326. The molecule has 2 aromatic heterocycles. The Kier molecular flexibility index (Phi) is 2.52. The van der Waals surface area contributed by atoms with Gasteiger partial charge in [-0.3, -0.25) is 0 Å². The van der Waals surface area contributed by atoms with Crippen molar-refractivity contribution >= 4 is 16.9 Å². The molecule has 2 aromatic rings. The van der Waals surface area contributed by atoms with Crippen molar-refractivity contribution < 1.29 is 0 Å². The number of aromatic amines is 1. The molecule has 1 atom stereocenters. The first-order chi connectivity index (χ1) is 8.58. The minimum atomic E-state index is 0.0379. The monoisotopic (exact) mass is 245 g/mol. The van der Waals surface area contributed by atoms with E-state index >= 15 is 0 Å². The van der Waals surface area contributed by atoms with Crippen molar-refractivity contribution in [2.45, 2.75) is 38.3 Å². The number of anilines is 1. The Hall–Kier alpha value is -1.62. The van der Waals surface area contributed by atoms with Gasteiger partial charge in [0.15, 0.2) is 0 Å². The molecule has 96 valence electrons. The Bertz CT molecular complexity index is 559. The van der Waals surface area contributed by atoms with Gasteiger partial charge in [-0.25, -0.2) is 9.97 Å². The minimum Gasteiger partial charge on any atom is -0.351 e. The van der Waals surface area contributed by atoms with Gasteiger partial charge < -0.3 is 15.6 Å². The largest absolute Gasteiger partial charge is 0.351 e. The molecule has 1 unspecified atom stereocenters. The van der Waals surface area contributed by atoms with Crippen LogP contribution < -0.4 is 10.6 Å². The van der Waals surface area contributed by atoms with Crippen LogP contribution in [0.3, 0.4) is 0 Å². The molecule has 0 aliphatic carbocycles. The average Bonchev–Trinajstić information content (AvgIpc) is 2.75. The molecule has 0 spiro atoms. The smallest absolute Gasteiger partial charge is 0.142 e. The summed E-state index contributed by atoms with van der Waals surface area (Å²) in [5.74, 6) is 1.01. The number of nitrogens with zero attached hydrogens (tertiary/aromatic N) is 3. The van der Waals surface area contributed by atoms with Crippen LogP contribution in [0.15, 0.2) is 18.6 Å². The van der Waals surface area contributed by atoms with Crippen LogP contribution in [-0.2, 0) is 0 Å². The summed E-state index contributed by atoms with van der Waals surface area (Å²) in [6.45, 7) is 5.41. The van der Waals surface area contributed by atoms with E-state index in [9.17, 15) is 0 Å². The Balaban J connectivity index is 2.06. The summed E-state index contributed by atoms with van der Waals surface area (Å²) < 4.78 is 0. The van der Waals surface area contributed by atoms with Gasteiger partial charge in [-0.2, -0.15) is 0 Å². The number of hydrogen-bond donors (Lipinski definition) is 2. The number of H-pyrrole nitrogens is 1. The van der Waals surface area contributed by atoms with Crippen LogP contribution in [0.5, 0.6) is 0 Å². The van der Waals surface area contributed by atoms with E-state index < -0.39 is 0 Å². The van der Waals surface area contributed by atoms with Crippen LogP contribution in [0.1, 0.15) is 26.7 Å². The number of rotatable bonds is 1. The Labute approximate surface area is 106 Å². The number of piperidine rings is 1. The fourth-order valence-electron chi connectivity index (χ4n) is 2.92. The zero-order valence-corrected chi connectivity index (χ0v) is 10.8. The molecule has 0 bridgehead atoms. The zero-order chi connectivity index (χ0) is 12.8. The number of aromatic nitrogens is 3. The number of hydrogen-bond acceptors (Lipinski definition) is 4. The highest BCUT2D eigenvalue weighted by Crippen LogP contribution is 2.33. The van der Waals surface area contributed by atoms with Crippen molar-refractivity contribution in [1.29, 1.82) is 0 Å². The molecule has 0 radical (unpaired) electrons. The van der Waals surface area contributed by atoms with Gasteiger partial charge in [0.25, 0.3) is 0 Å². The first-order valence-electron chi connectivity index (χ1n) is 6.39. The molecule has 3 rings (SSSR count). The molecule has 18 heavy (non-hydrogen) atoms. The second-order valence-corrected chi connectivity index (χ2v) is 5.65. The first kappa shape index (κ1) is 11.5. The molecule has 1 aliphatic rings. The van der Waals surface area contributed by atoms with E-state index in [4.69, 9.17) is 5.73 Å². The third kappa shape index (κ3) is 1.75. The minimum absolute atomic E-state index is 0.0379. The van der Waals surface area contributed by atoms with Gasteiger partial charge >= 0.3 is 0 Å². The molecule has 3 heterocycles. The van der Waals surface area contributed by atoms with Crippen LogP contribution in [0, 0.1) is 0 Å². The second-order valence-electron chi connectivity index (χ2n) is 5.65. The van der Waals surface area contributed by atoms with Crippen molar-refractivity contribution in [1.82, 2.24) is 15.0 Å². The molecular formula is C13H19N5. The first-order valence-corrected chi connectivity index (χ1v) is 6.39. The summed E-state index contributed by atoms with van der Waals surface area (Å²) in [6.07, 6.45) is 5.53. The van der Waals surface area contributed by atoms with Crippen LogP contribution in [0.25, 0.3) is 11.0 Å². The Morgan fingerprint density at radius 3 is 3.06 bits per heavy atom. The van der Waals surface area contributed by atoms with Gasteiger partial charge in [0.1, 0.15) is 17.8 Å². The van der Waals surface area contributed by atoms with Crippen LogP contribution in [0.2, 0.25) is 0 Å². The van der Waals surface area contributed by atoms with E-state index in [1.165, 1.54) is 0 Å². The lowest BCUT2D eigenvalue weighted by Crippen LogP contribution is -2.54. The van der Waals surface area contributed by atoms with Gasteiger partial charge in [-0.15, -0.1) is 0 Å². The van der Waals surface area contributed by atoms with E-state index in [2.05, 4.69) is 33.7 Å². The lowest BCUT2D eigenvalue weighted by Gasteiger charge is -2.45. The van der Waals surface area contributed by atoms with Crippen molar-refractivity contribution in [3.05, 3.63) is 18.6 Å². The van der Waals surface area contributed by atoms with Gasteiger partial charge in [-0.05, 0) is 32.8 Å². The third-order valence-corrected chi connectivity index (χ3v) is 3.80. The molecule has 0 saturated carbocycles. The van der Waals surface area contributed by atoms with Gasteiger partial charge in [-0.1, -0.05) is 0 Å².